The van der Waals surface area contributed by atoms with Crippen LogP contribution in [0.2, 0.25) is 0 Å². The standard InChI is InChI=1S/C22H21N5O4S2/c28-17(24-13-4-1-3-12(7-13)9-27-18(29)8-23-22(27)31)11-32-10-16-25-20(30)19-14-5-2-6-15(14)33-21(19)26-16/h1,3-4,7H,2,5-6,8-11H2,(H,23,31)(H,24,28)(H,25,26,30). The number of urea groups is 1. The van der Waals surface area contributed by atoms with Crippen molar-refractivity contribution in [3.63, 3.8) is 0 Å². The fourth-order valence-corrected chi connectivity index (χ4v) is 6.07. The van der Waals surface area contributed by atoms with E-state index in [0.717, 1.165) is 45.5 Å². The van der Waals surface area contributed by atoms with Gasteiger partial charge in [0.1, 0.15) is 10.7 Å². The molecule has 1 aromatic carbocycles. The second-order valence-electron chi connectivity index (χ2n) is 7.93. The normalized spacial score (nSPS) is 15.2. The van der Waals surface area contributed by atoms with Crippen molar-refractivity contribution in [1.82, 2.24) is 20.2 Å². The molecule has 1 fully saturated rings. The van der Waals surface area contributed by atoms with Crippen molar-refractivity contribution < 1.29 is 14.4 Å². The van der Waals surface area contributed by atoms with Crippen molar-refractivity contribution in [3.8, 4) is 0 Å². The fourth-order valence-electron chi connectivity index (χ4n) is 4.10. The van der Waals surface area contributed by atoms with Gasteiger partial charge in [0, 0.05) is 10.6 Å². The average Bonchev–Trinajstić information content (AvgIpc) is 3.45. The molecule has 3 heterocycles. The molecule has 1 aliphatic carbocycles. The van der Waals surface area contributed by atoms with Crippen LogP contribution in [-0.2, 0) is 34.7 Å². The second-order valence-corrected chi connectivity index (χ2v) is 10.00. The monoisotopic (exact) mass is 483 g/mol. The molecule has 3 N–H and O–H groups in total. The van der Waals surface area contributed by atoms with Gasteiger partial charge in [-0.2, -0.15) is 0 Å². The smallest absolute Gasteiger partial charge is 0.324 e. The van der Waals surface area contributed by atoms with E-state index in [4.69, 9.17) is 0 Å². The summed E-state index contributed by atoms with van der Waals surface area (Å²) in [6, 6.07) is 6.63. The van der Waals surface area contributed by atoms with E-state index in [1.165, 1.54) is 16.6 Å². The Hall–Kier alpha value is -3.18. The lowest BCUT2D eigenvalue weighted by Crippen LogP contribution is -2.30. The van der Waals surface area contributed by atoms with Crippen molar-refractivity contribution >= 4 is 56.8 Å². The predicted molar refractivity (Wildman–Crippen MR) is 127 cm³/mol. The Kier molecular flexibility index (Phi) is 5.90. The van der Waals surface area contributed by atoms with Crippen LogP contribution in [0.3, 0.4) is 0 Å². The summed E-state index contributed by atoms with van der Waals surface area (Å²) in [7, 11) is 0. The number of anilines is 1. The number of imide groups is 1. The highest BCUT2D eigenvalue weighted by atomic mass is 32.2. The van der Waals surface area contributed by atoms with E-state index in [0.29, 0.717) is 17.3 Å². The van der Waals surface area contributed by atoms with Gasteiger partial charge < -0.3 is 15.6 Å². The Balaban J connectivity index is 1.16. The molecule has 0 radical (unpaired) electrons. The molecule has 0 bridgehead atoms. The molecule has 0 atom stereocenters. The molecule has 5 rings (SSSR count). The van der Waals surface area contributed by atoms with Crippen molar-refractivity contribution in [2.24, 2.45) is 0 Å². The van der Waals surface area contributed by atoms with E-state index in [1.54, 1.807) is 35.6 Å². The van der Waals surface area contributed by atoms with Crippen molar-refractivity contribution in [2.75, 3.05) is 17.6 Å². The van der Waals surface area contributed by atoms with Gasteiger partial charge in [0.15, 0.2) is 0 Å². The third kappa shape index (κ3) is 4.51. The number of hydrogen-bond acceptors (Lipinski definition) is 7. The van der Waals surface area contributed by atoms with E-state index in [2.05, 4.69) is 20.6 Å². The van der Waals surface area contributed by atoms with Crippen LogP contribution in [0.1, 0.15) is 28.2 Å². The molecule has 4 amide bonds. The van der Waals surface area contributed by atoms with Gasteiger partial charge in [-0.05, 0) is 42.5 Å². The minimum Gasteiger partial charge on any atom is -0.329 e. The summed E-state index contributed by atoms with van der Waals surface area (Å²) < 4.78 is 0. The number of amides is 4. The summed E-state index contributed by atoms with van der Waals surface area (Å²) in [5.41, 5.74) is 2.38. The number of H-pyrrole nitrogens is 1. The molecule has 2 aliphatic rings. The highest BCUT2D eigenvalue weighted by Crippen LogP contribution is 2.34. The summed E-state index contributed by atoms with van der Waals surface area (Å²) in [5, 5.41) is 6.04. The van der Waals surface area contributed by atoms with E-state index < -0.39 is 6.03 Å². The first kappa shape index (κ1) is 21.7. The highest BCUT2D eigenvalue weighted by molar-refractivity contribution is 7.99. The van der Waals surface area contributed by atoms with Gasteiger partial charge >= 0.3 is 6.03 Å². The predicted octanol–water partition coefficient (Wildman–Crippen LogP) is 2.40. The van der Waals surface area contributed by atoms with Gasteiger partial charge in [0.05, 0.1) is 30.0 Å². The van der Waals surface area contributed by atoms with Crippen LogP contribution in [-0.4, -0.2) is 45.0 Å². The Labute approximate surface area is 197 Å². The van der Waals surface area contributed by atoms with E-state index in [-0.39, 0.29) is 36.2 Å². The molecule has 3 aromatic rings. The number of aryl methyl sites for hydroxylation is 2. The first-order valence-corrected chi connectivity index (χ1v) is 12.5. The molecule has 0 saturated carbocycles. The van der Waals surface area contributed by atoms with Gasteiger partial charge in [-0.25, -0.2) is 9.78 Å². The maximum absolute atomic E-state index is 12.5. The highest BCUT2D eigenvalue weighted by Gasteiger charge is 2.28. The molecular weight excluding hydrogens is 462 g/mol. The van der Waals surface area contributed by atoms with E-state index in [9.17, 15) is 19.2 Å². The first-order valence-electron chi connectivity index (χ1n) is 10.6. The number of benzene rings is 1. The average molecular weight is 484 g/mol. The molecule has 1 saturated heterocycles. The quantitative estimate of drug-likeness (QED) is 0.443. The van der Waals surface area contributed by atoms with Crippen LogP contribution < -0.4 is 16.2 Å². The van der Waals surface area contributed by atoms with Crippen LogP contribution in [0.5, 0.6) is 0 Å². The molecule has 1 aliphatic heterocycles. The van der Waals surface area contributed by atoms with Crippen LogP contribution in [0.15, 0.2) is 29.1 Å². The van der Waals surface area contributed by atoms with E-state index in [1.807, 2.05) is 0 Å². The SMILES string of the molecule is O=C(CSCc1nc2sc3c(c2c(=O)[nH]1)CCC3)Nc1cccc(CN2C(=O)CNC2=O)c1. The molecule has 170 valence electrons. The minimum absolute atomic E-state index is 0.00828. The number of nitrogens with zero attached hydrogens (tertiary/aromatic N) is 2. The topological polar surface area (TPSA) is 124 Å². The van der Waals surface area contributed by atoms with Crippen molar-refractivity contribution in [1.29, 1.82) is 0 Å². The van der Waals surface area contributed by atoms with Crippen LogP contribution in [0.4, 0.5) is 10.5 Å². The number of hydrogen-bond donors (Lipinski definition) is 3. The largest absolute Gasteiger partial charge is 0.329 e. The molecule has 2 aromatic heterocycles. The third-order valence-electron chi connectivity index (χ3n) is 5.58. The number of aromatic amines is 1. The molecule has 9 nitrogen and oxygen atoms in total. The van der Waals surface area contributed by atoms with Gasteiger partial charge in [-0.15, -0.1) is 23.1 Å². The molecule has 0 spiro atoms. The van der Waals surface area contributed by atoms with Gasteiger partial charge in [0.2, 0.25) is 11.8 Å². The maximum atomic E-state index is 12.5. The van der Waals surface area contributed by atoms with Crippen LogP contribution >= 0.6 is 23.1 Å². The number of thiophene rings is 1. The number of carbonyl (C=O) groups is 3. The van der Waals surface area contributed by atoms with E-state index >= 15 is 0 Å². The summed E-state index contributed by atoms with van der Waals surface area (Å²) in [6.07, 6.45) is 3.05. The zero-order chi connectivity index (χ0) is 22.9. The zero-order valence-corrected chi connectivity index (χ0v) is 19.2. The Morgan fingerprint density at radius 3 is 2.94 bits per heavy atom. The first-order chi connectivity index (χ1) is 16.0. The number of rotatable bonds is 7. The van der Waals surface area contributed by atoms with Crippen molar-refractivity contribution in [2.45, 2.75) is 31.6 Å². The molecule has 0 unspecified atom stereocenters. The number of carbonyl (C=O) groups excluding carboxylic acids is 3. The summed E-state index contributed by atoms with van der Waals surface area (Å²) in [4.78, 5) is 59.0. The van der Waals surface area contributed by atoms with Gasteiger partial charge in [-0.1, -0.05) is 12.1 Å². The number of thioether (sulfide) groups is 1. The summed E-state index contributed by atoms with van der Waals surface area (Å²) >= 11 is 2.97. The zero-order valence-electron chi connectivity index (χ0n) is 17.6. The molecule has 33 heavy (non-hydrogen) atoms. The third-order valence-corrected chi connectivity index (χ3v) is 7.71. The van der Waals surface area contributed by atoms with Crippen LogP contribution in [0, 0.1) is 0 Å². The van der Waals surface area contributed by atoms with Gasteiger partial charge in [0.25, 0.3) is 5.56 Å². The maximum Gasteiger partial charge on any atom is 0.324 e. The second kappa shape index (κ2) is 8.99. The van der Waals surface area contributed by atoms with Crippen molar-refractivity contribution in [3.05, 3.63) is 56.4 Å². The summed E-state index contributed by atoms with van der Waals surface area (Å²) in [5.74, 6) is 0.724. The molecular formula is C22H21N5O4S2. The fraction of sp³-hybridized carbons (Fsp3) is 0.318. The lowest BCUT2D eigenvalue weighted by atomic mass is 10.2. The Bertz CT molecular complexity index is 1320. The number of aromatic nitrogens is 2. The summed E-state index contributed by atoms with van der Waals surface area (Å²) in [6.45, 7) is 0.158. The minimum atomic E-state index is -0.414. The van der Waals surface area contributed by atoms with Crippen LogP contribution in [0.25, 0.3) is 10.2 Å². The Morgan fingerprint density at radius 2 is 2.12 bits per heavy atom. The lowest BCUT2D eigenvalue weighted by Gasteiger charge is -2.13. The number of fused-ring (bicyclic) bond motifs is 3. The molecule has 11 heteroatoms. The lowest BCUT2D eigenvalue weighted by molar-refractivity contribution is -0.125. The number of nitrogens with one attached hydrogen (secondary N) is 3. The Morgan fingerprint density at radius 1 is 1.24 bits per heavy atom. The van der Waals surface area contributed by atoms with Gasteiger partial charge in [-0.3, -0.25) is 19.3 Å².